The van der Waals surface area contributed by atoms with Crippen LogP contribution in [-0.2, 0) is 0 Å². The maximum Gasteiger partial charge on any atom is 0.0708 e. The van der Waals surface area contributed by atoms with Crippen molar-refractivity contribution < 1.29 is 0 Å². The maximum atomic E-state index is 5.18. The molecule has 17 heavy (non-hydrogen) atoms. The third-order valence-electron chi connectivity index (χ3n) is 3.75. The first-order valence-electron chi connectivity index (χ1n) is 6.36. The summed E-state index contributed by atoms with van der Waals surface area (Å²) in [4.78, 5) is 4.58. The van der Waals surface area contributed by atoms with Gasteiger partial charge in [0.2, 0.25) is 0 Å². The molecular formula is C13H20N2S2. The first-order valence-corrected chi connectivity index (χ1v) is 7.21. The lowest BCUT2D eigenvalue weighted by atomic mass is 9.83. The Kier molecular flexibility index (Phi) is 4.39. The summed E-state index contributed by atoms with van der Waals surface area (Å²) in [5, 5.41) is 3.71. The fourth-order valence-corrected chi connectivity index (χ4v) is 2.88. The van der Waals surface area contributed by atoms with Crippen LogP contribution in [0.2, 0.25) is 0 Å². The fourth-order valence-electron chi connectivity index (χ4n) is 2.58. The van der Waals surface area contributed by atoms with Crippen molar-refractivity contribution in [2.45, 2.75) is 45.2 Å². The maximum absolute atomic E-state index is 5.18. The molecule has 0 aromatic rings. The Morgan fingerprint density at radius 2 is 2.47 bits per heavy atom. The molecule has 0 aromatic carbocycles. The highest BCUT2D eigenvalue weighted by Crippen LogP contribution is 2.30. The molecule has 0 bridgehead atoms. The molecule has 0 radical (unpaired) electrons. The molecule has 0 fully saturated rings. The summed E-state index contributed by atoms with van der Waals surface area (Å²) < 4.78 is 0.717. The third-order valence-corrected chi connectivity index (χ3v) is 4.30. The predicted octanol–water partition coefficient (Wildman–Crippen LogP) is 2.79. The number of allylic oxidation sites excluding steroid dienone is 1. The topological polar surface area (TPSA) is 24.4 Å². The number of hydrogen-bond donors (Lipinski definition) is 2. The fraction of sp³-hybridized carbons (Fsp3) is 0.692. The Bertz CT molecular complexity index is 374. The second-order valence-electron chi connectivity index (χ2n) is 4.96. The van der Waals surface area contributed by atoms with Gasteiger partial charge in [0.05, 0.1) is 4.20 Å². The molecule has 4 heteroatoms. The van der Waals surface area contributed by atoms with Crippen molar-refractivity contribution in [3.8, 4) is 0 Å². The first-order chi connectivity index (χ1) is 8.11. The van der Waals surface area contributed by atoms with Crippen LogP contribution in [0.3, 0.4) is 0 Å². The zero-order valence-electron chi connectivity index (χ0n) is 10.4. The SMILES string of the molecule is CCC(C)NC1CC(C(=S)S)=CC2=NCCC21. The molecule has 2 aliphatic rings. The number of hydrogen-bond acceptors (Lipinski definition) is 3. The summed E-state index contributed by atoms with van der Waals surface area (Å²) in [6, 6.07) is 1.03. The van der Waals surface area contributed by atoms with E-state index in [1.807, 2.05) is 0 Å². The summed E-state index contributed by atoms with van der Waals surface area (Å²) >= 11 is 9.49. The van der Waals surface area contributed by atoms with Gasteiger partial charge in [-0.3, -0.25) is 4.99 Å². The zero-order chi connectivity index (χ0) is 12.4. The molecule has 94 valence electrons. The molecule has 0 saturated carbocycles. The molecule has 0 aromatic heterocycles. The van der Waals surface area contributed by atoms with Gasteiger partial charge in [0.1, 0.15) is 0 Å². The van der Waals surface area contributed by atoms with Crippen LogP contribution in [0.25, 0.3) is 0 Å². The number of fused-ring (bicyclic) bond motifs is 1. The number of thiocarbonyl (C=S) groups is 1. The minimum atomic E-state index is 0.483. The molecule has 0 spiro atoms. The molecule has 1 heterocycles. The van der Waals surface area contributed by atoms with Crippen LogP contribution in [0, 0.1) is 5.92 Å². The lowest BCUT2D eigenvalue weighted by Crippen LogP contribution is -2.45. The van der Waals surface area contributed by atoms with E-state index in [0.717, 1.165) is 19.4 Å². The quantitative estimate of drug-likeness (QED) is 0.605. The monoisotopic (exact) mass is 268 g/mol. The smallest absolute Gasteiger partial charge is 0.0708 e. The largest absolute Gasteiger partial charge is 0.311 e. The Balaban J connectivity index is 2.15. The van der Waals surface area contributed by atoms with E-state index in [-0.39, 0.29) is 0 Å². The molecule has 1 aliphatic heterocycles. The Hall–Kier alpha value is -0.190. The van der Waals surface area contributed by atoms with E-state index < -0.39 is 0 Å². The molecule has 1 aliphatic carbocycles. The van der Waals surface area contributed by atoms with Crippen molar-refractivity contribution in [1.82, 2.24) is 5.32 Å². The lowest BCUT2D eigenvalue weighted by molar-refractivity contribution is 0.372. The summed E-state index contributed by atoms with van der Waals surface area (Å²) in [7, 11) is 0. The standard InChI is InChI=1S/C13H20N2S2/c1-3-8(2)15-12-7-9(13(16)17)6-11-10(12)4-5-14-11/h6,8,10,12,15H,3-5,7H2,1-2H3,(H,16,17). The number of nitrogens with one attached hydrogen (secondary N) is 1. The van der Waals surface area contributed by atoms with Gasteiger partial charge in [-0.1, -0.05) is 19.1 Å². The van der Waals surface area contributed by atoms with Crippen molar-refractivity contribution in [2.75, 3.05) is 6.54 Å². The number of aliphatic imine (C=N–C) groups is 1. The van der Waals surface area contributed by atoms with Gasteiger partial charge in [-0.05, 0) is 37.8 Å². The van der Waals surface area contributed by atoms with Crippen molar-refractivity contribution in [3.63, 3.8) is 0 Å². The average molecular weight is 268 g/mol. The molecule has 2 rings (SSSR count). The highest BCUT2D eigenvalue weighted by atomic mass is 32.1. The van der Waals surface area contributed by atoms with Gasteiger partial charge in [-0.25, -0.2) is 0 Å². The van der Waals surface area contributed by atoms with E-state index >= 15 is 0 Å². The van der Waals surface area contributed by atoms with Gasteiger partial charge in [0.25, 0.3) is 0 Å². The molecule has 0 saturated heterocycles. The summed E-state index contributed by atoms with van der Waals surface area (Å²) in [5.41, 5.74) is 2.39. The van der Waals surface area contributed by atoms with Gasteiger partial charge in [0.15, 0.2) is 0 Å². The van der Waals surface area contributed by atoms with Crippen LogP contribution in [0.15, 0.2) is 16.6 Å². The van der Waals surface area contributed by atoms with Gasteiger partial charge in [-0.2, -0.15) is 0 Å². The second kappa shape index (κ2) is 5.63. The van der Waals surface area contributed by atoms with Gasteiger partial charge in [0, 0.05) is 30.3 Å². The molecule has 2 nitrogen and oxygen atoms in total. The number of nitrogens with zero attached hydrogens (tertiary/aromatic N) is 1. The van der Waals surface area contributed by atoms with E-state index in [1.54, 1.807) is 0 Å². The molecule has 1 N–H and O–H groups in total. The van der Waals surface area contributed by atoms with E-state index in [2.05, 4.69) is 42.9 Å². The number of thiol groups is 1. The molecular weight excluding hydrogens is 248 g/mol. The predicted molar refractivity (Wildman–Crippen MR) is 81.4 cm³/mol. The van der Waals surface area contributed by atoms with Crippen LogP contribution in [-0.4, -0.2) is 28.5 Å². The second-order valence-corrected chi connectivity index (χ2v) is 6.12. The van der Waals surface area contributed by atoms with Gasteiger partial charge < -0.3 is 5.32 Å². The van der Waals surface area contributed by atoms with Gasteiger partial charge >= 0.3 is 0 Å². The van der Waals surface area contributed by atoms with E-state index in [0.29, 0.717) is 22.2 Å². The third kappa shape index (κ3) is 2.98. The van der Waals surface area contributed by atoms with Crippen molar-refractivity contribution in [2.24, 2.45) is 10.9 Å². The summed E-state index contributed by atoms with van der Waals surface area (Å²) in [5.74, 6) is 0.579. The molecule has 3 unspecified atom stereocenters. The van der Waals surface area contributed by atoms with Crippen molar-refractivity contribution >= 4 is 34.8 Å². The minimum absolute atomic E-state index is 0.483. The summed E-state index contributed by atoms with van der Waals surface area (Å²) in [6.45, 7) is 5.41. The highest BCUT2D eigenvalue weighted by molar-refractivity contribution is 8.11. The normalized spacial score (nSPS) is 29.4. The van der Waals surface area contributed by atoms with E-state index in [9.17, 15) is 0 Å². The van der Waals surface area contributed by atoms with Crippen LogP contribution < -0.4 is 5.32 Å². The Morgan fingerprint density at radius 3 is 3.12 bits per heavy atom. The summed E-state index contributed by atoms with van der Waals surface area (Å²) in [6.07, 6.45) is 5.48. The Morgan fingerprint density at radius 1 is 1.71 bits per heavy atom. The Labute approximate surface area is 114 Å². The molecule has 3 atom stereocenters. The van der Waals surface area contributed by atoms with Crippen molar-refractivity contribution in [1.29, 1.82) is 0 Å². The number of rotatable bonds is 4. The van der Waals surface area contributed by atoms with Crippen molar-refractivity contribution in [3.05, 3.63) is 11.6 Å². The van der Waals surface area contributed by atoms with E-state index in [4.69, 9.17) is 12.2 Å². The first kappa shape index (κ1) is 13.2. The zero-order valence-corrected chi connectivity index (χ0v) is 12.2. The van der Waals surface area contributed by atoms with E-state index in [1.165, 1.54) is 17.7 Å². The average Bonchev–Trinajstić information content (AvgIpc) is 2.76. The minimum Gasteiger partial charge on any atom is -0.311 e. The van der Waals surface area contributed by atoms with Crippen LogP contribution in [0.4, 0.5) is 0 Å². The van der Waals surface area contributed by atoms with Crippen LogP contribution in [0.1, 0.15) is 33.1 Å². The highest BCUT2D eigenvalue weighted by Gasteiger charge is 2.33. The lowest BCUT2D eigenvalue weighted by Gasteiger charge is -2.32. The molecule has 0 amide bonds. The van der Waals surface area contributed by atoms with Crippen LogP contribution >= 0.6 is 24.8 Å². The van der Waals surface area contributed by atoms with Gasteiger partial charge in [-0.15, -0.1) is 12.6 Å². The van der Waals surface area contributed by atoms with Crippen LogP contribution in [0.5, 0.6) is 0 Å².